The molecular weight excluding hydrogens is 282 g/mol. The number of likely N-dealkylation sites (tertiary alicyclic amines) is 1. The summed E-state index contributed by atoms with van der Waals surface area (Å²) < 4.78 is 2.79. The van der Waals surface area contributed by atoms with Crippen molar-refractivity contribution in [1.82, 2.24) is 19.3 Å². The normalized spacial score (nSPS) is 21.2. The van der Waals surface area contributed by atoms with Gasteiger partial charge in [-0.25, -0.2) is 9.97 Å². The number of fused-ring (bicyclic) bond motifs is 1. The Bertz CT molecular complexity index is 538. The number of nitrogens with zero attached hydrogens (tertiary/aromatic N) is 4. The Kier molecular flexibility index (Phi) is 2.76. The Morgan fingerprint density at radius 2 is 2.41 bits per heavy atom. The maximum absolute atomic E-state index is 4.47. The fourth-order valence-electron chi connectivity index (χ4n) is 2.24. The van der Waals surface area contributed by atoms with E-state index >= 15 is 0 Å². The van der Waals surface area contributed by atoms with E-state index in [-0.39, 0.29) is 0 Å². The van der Waals surface area contributed by atoms with Crippen LogP contribution in [-0.4, -0.2) is 45.4 Å². The highest BCUT2D eigenvalue weighted by Crippen LogP contribution is 2.19. The molecule has 3 heterocycles. The lowest BCUT2D eigenvalue weighted by atomic mass is 10.2. The summed E-state index contributed by atoms with van der Waals surface area (Å²) in [7, 11) is 2.14. The van der Waals surface area contributed by atoms with Crippen LogP contribution < -0.4 is 5.32 Å². The summed E-state index contributed by atoms with van der Waals surface area (Å²) in [6.07, 6.45) is 6.77. The van der Waals surface area contributed by atoms with E-state index in [0.29, 0.717) is 6.04 Å². The van der Waals surface area contributed by atoms with Gasteiger partial charge >= 0.3 is 0 Å². The van der Waals surface area contributed by atoms with Gasteiger partial charge in [0.15, 0.2) is 11.5 Å². The average Bonchev–Trinajstić information content (AvgIpc) is 2.87. The molecule has 1 unspecified atom stereocenters. The van der Waals surface area contributed by atoms with Gasteiger partial charge in [-0.15, -0.1) is 0 Å². The fraction of sp³-hybridized carbons (Fsp3) is 0.455. The van der Waals surface area contributed by atoms with Crippen LogP contribution >= 0.6 is 15.9 Å². The molecule has 0 aromatic carbocycles. The van der Waals surface area contributed by atoms with Crippen molar-refractivity contribution in [2.45, 2.75) is 12.5 Å². The molecule has 1 atom stereocenters. The molecule has 0 saturated carbocycles. The molecular formula is C11H14BrN5. The first-order valence-electron chi connectivity index (χ1n) is 5.66. The molecule has 90 valence electrons. The second kappa shape index (κ2) is 4.27. The fourth-order valence-corrected chi connectivity index (χ4v) is 2.64. The molecule has 2 aromatic rings. The summed E-state index contributed by atoms with van der Waals surface area (Å²) in [6, 6.07) is 0.460. The van der Waals surface area contributed by atoms with Crippen LogP contribution in [0, 0.1) is 0 Å². The van der Waals surface area contributed by atoms with Crippen molar-refractivity contribution in [3.8, 4) is 0 Å². The molecule has 0 bridgehead atoms. The number of likely N-dealkylation sites (N-methyl/N-ethyl adjacent to an activating group) is 1. The van der Waals surface area contributed by atoms with Crippen LogP contribution in [0.1, 0.15) is 6.42 Å². The number of nitrogens with one attached hydrogen (secondary N) is 1. The van der Waals surface area contributed by atoms with Crippen LogP contribution in [0.5, 0.6) is 0 Å². The van der Waals surface area contributed by atoms with Crippen molar-refractivity contribution in [3.05, 3.63) is 23.2 Å². The number of imidazole rings is 1. The van der Waals surface area contributed by atoms with Crippen LogP contribution in [0.15, 0.2) is 23.2 Å². The maximum Gasteiger partial charge on any atom is 0.180 e. The van der Waals surface area contributed by atoms with Gasteiger partial charge in [0.05, 0.1) is 0 Å². The monoisotopic (exact) mass is 295 g/mol. The lowest BCUT2D eigenvalue weighted by molar-refractivity contribution is 0.414. The summed E-state index contributed by atoms with van der Waals surface area (Å²) in [5.41, 5.74) is 0.878. The minimum absolute atomic E-state index is 0.460. The van der Waals surface area contributed by atoms with E-state index in [0.717, 1.165) is 35.6 Å². The van der Waals surface area contributed by atoms with Crippen molar-refractivity contribution in [2.75, 3.05) is 25.5 Å². The number of hydrogen-bond donors (Lipinski definition) is 1. The molecule has 1 N–H and O–H groups in total. The van der Waals surface area contributed by atoms with Gasteiger partial charge in [-0.1, -0.05) is 0 Å². The highest BCUT2D eigenvalue weighted by atomic mass is 79.9. The maximum atomic E-state index is 4.47. The van der Waals surface area contributed by atoms with Crippen molar-refractivity contribution in [3.63, 3.8) is 0 Å². The van der Waals surface area contributed by atoms with Gasteiger partial charge in [0.2, 0.25) is 0 Å². The zero-order chi connectivity index (χ0) is 11.8. The number of rotatable bonds is 2. The molecule has 1 saturated heterocycles. The number of aromatic nitrogens is 3. The van der Waals surface area contributed by atoms with E-state index in [4.69, 9.17) is 0 Å². The lowest BCUT2D eigenvalue weighted by Gasteiger charge is -2.14. The largest absolute Gasteiger partial charge is 0.363 e. The van der Waals surface area contributed by atoms with E-state index in [1.54, 1.807) is 6.20 Å². The number of anilines is 1. The Balaban J connectivity index is 1.91. The smallest absolute Gasteiger partial charge is 0.180 e. The second-order valence-corrected chi connectivity index (χ2v) is 5.28. The molecule has 1 aliphatic rings. The Hall–Kier alpha value is -1.14. The summed E-state index contributed by atoms with van der Waals surface area (Å²) >= 11 is 3.42. The van der Waals surface area contributed by atoms with Gasteiger partial charge < -0.3 is 14.6 Å². The molecule has 17 heavy (non-hydrogen) atoms. The molecule has 0 amide bonds. The topological polar surface area (TPSA) is 45.5 Å². The zero-order valence-corrected chi connectivity index (χ0v) is 11.2. The van der Waals surface area contributed by atoms with Crippen molar-refractivity contribution in [2.24, 2.45) is 0 Å². The van der Waals surface area contributed by atoms with Gasteiger partial charge in [0.1, 0.15) is 4.60 Å². The zero-order valence-electron chi connectivity index (χ0n) is 9.60. The quantitative estimate of drug-likeness (QED) is 0.914. The molecule has 0 aliphatic carbocycles. The molecule has 5 nitrogen and oxygen atoms in total. The molecule has 3 rings (SSSR count). The summed E-state index contributed by atoms with van der Waals surface area (Å²) in [4.78, 5) is 11.1. The lowest BCUT2D eigenvalue weighted by Crippen LogP contribution is -2.24. The minimum atomic E-state index is 0.460. The molecule has 1 aliphatic heterocycles. The third-order valence-electron chi connectivity index (χ3n) is 3.08. The van der Waals surface area contributed by atoms with Crippen molar-refractivity contribution in [1.29, 1.82) is 0 Å². The Morgan fingerprint density at radius 3 is 3.18 bits per heavy atom. The van der Waals surface area contributed by atoms with Crippen molar-refractivity contribution >= 4 is 27.4 Å². The third-order valence-corrected chi connectivity index (χ3v) is 3.46. The first-order chi connectivity index (χ1) is 8.22. The van der Waals surface area contributed by atoms with Gasteiger partial charge in [-0.05, 0) is 35.9 Å². The summed E-state index contributed by atoms with van der Waals surface area (Å²) in [6.45, 7) is 2.19. The standard InChI is InChI=1S/C11H14BrN5/c1-16-4-2-8(6-16)14-10-11-13-3-5-17(11)7-9(12)15-10/h3,5,7-8H,2,4,6H2,1H3,(H,14,15). The summed E-state index contributed by atoms with van der Waals surface area (Å²) in [5, 5.41) is 3.48. The van der Waals surface area contributed by atoms with Gasteiger partial charge in [0, 0.05) is 31.2 Å². The van der Waals surface area contributed by atoms with Crippen LogP contribution in [0.25, 0.3) is 5.65 Å². The van der Waals surface area contributed by atoms with E-state index < -0.39 is 0 Å². The van der Waals surface area contributed by atoms with Crippen LogP contribution in [0.2, 0.25) is 0 Å². The van der Waals surface area contributed by atoms with Crippen LogP contribution in [0.4, 0.5) is 5.82 Å². The molecule has 1 fully saturated rings. The predicted molar refractivity (Wildman–Crippen MR) is 70.2 cm³/mol. The van der Waals surface area contributed by atoms with Crippen molar-refractivity contribution < 1.29 is 0 Å². The van der Waals surface area contributed by atoms with Gasteiger partial charge in [0.25, 0.3) is 0 Å². The molecule has 0 radical (unpaired) electrons. The third kappa shape index (κ3) is 2.14. The van der Waals surface area contributed by atoms with E-state index in [2.05, 4.69) is 43.2 Å². The molecule has 6 heteroatoms. The first kappa shape index (κ1) is 11.0. The minimum Gasteiger partial charge on any atom is -0.363 e. The van der Waals surface area contributed by atoms with Gasteiger partial charge in [-0.3, -0.25) is 0 Å². The predicted octanol–water partition coefficient (Wildman–Crippen LogP) is 1.61. The highest BCUT2D eigenvalue weighted by Gasteiger charge is 2.20. The average molecular weight is 296 g/mol. The SMILES string of the molecule is CN1CCC(Nc2nc(Br)cn3ccnc23)C1. The molecule has 0 spiro atoms. The van der Waals surface area contributed by atoms with Gasteiger partial charge in [-0.2, -0.15) is 0 Å². The second-order valence-electron chi connectivity index (χ2n) is 4.46. The van der Waals surface area contributed by atoms with E-state index in [9.17, 15) is 0 Å². The highest BCUT2D eigenvalue weighted by molar-refractivity contribution is 9.10. The van der Waals surface area contributed by atoms with E-state index in [1.165, 1.54) is 0 Å². The number of halogens is 1. The summed E-state index contributed by atoms with van der Waals surface area (Å²) in [5.74, 6) is 0.852. The Morgan fingerprint density at radius 1 is 1.53 bits per heavy atom. The van der Waals surface area contributed by atoms with Crippen LogP contribution in [-0.2, 0) is 0 Å². The van der Waals surface area contributed by atoms with E-state index in [1.807, 2.05) is 16.8 Å². The first-order valence-corrected chi connectivity index (χ1v) is 6.46. The molecule has 2 aromatic heterocycles. The Labute approximate surface area is 108 Å². The van der Waals surface area contributed by atoms with Crippen LogP contribution in [0.3, 0.4) is 0 Å². The number of hydrogen-bond acceptors (Lipinski definition) is 4.